The number of nitrogens with zero attached hydrogens (tertiary/aromatic N) is 1. The summed E-state index contributed by atoms with van der Waals surface area (Å²) in [5, 5.41) is 11.1. The largest absolute Gasteiger partial charge is 0.514 e. The molecule has 170 valence electrons. The number of hydrogen-bond donors (Lipinski definition) is 1. The molecule has 2 aliphatic rings. The van der Waals surface area contributed by atoms with Crippen molar-refractivity contribution in [2.45, 2.75) is 44.0 Å². The van der Waals surface area contributed by atoms with Crippen LogP contribution in [0.3, 0.4) is 0 Å². The quantitative estimate of drug-likeness (QED) is 0.467. The molecule has 2 aromatic heterocycles. The molecule has 8 nitrogen and oxygen atoms in total. The lowest BCUT2D eigenvalue weighted by atomic mass is 9.69. The molecule has 0 radical (unpaired) electrons. The van der Waals surface area contributed by atoms with Gasteiger partial charge in [0, 0.05) is 29.9 Å². The van der Waals surface area contributed by atoms with Crippen LogP contribution in [-0.4, -0.2) is 28.0 Å². The summed E-state index contributed by atoms with van der Waals surface area (Å²) in [6.07, 6.45) is 2.38. The zero-order valence-electron chi connectivity index (χ0n) is 18.0. The lowest BCUT2D eigenvalue weighted by Gasteiger charge is -2.50. The molecule has 1 aliphatic carbocycles. The fraction of sp³-hybridized carbons (Fsp3) is 0.320. The molecule has 8 heteroatoms. The number of rotatable bonds is 3. The number of carbonyl (C=O) groups excluding carboxylic acids is 1. The third kappa shape index (κ3) is 3.87. The predicted octanol–water partition coefficient (Wildman–Crippen LogP) is 4.27. The molecule has 3 heterocycles. The fourth-order valence-corrected chi connectivity index (χ4v) is 4.77. The summed E-state index contributed by atoms with van der Waals surface area (Å²) in [4.78, 5) is 29.3. The highest BCUT2D eigenvalue weighted by molar-refractivity contribution is 5.64. The molecule has 0 bridgehead atoms. The Kier molecular flexibility index (Phi) is 5.38. The van der Waals surface area contributed by atoms with Crippen LogP contribution < -0.4 is 15.1 Å². The summed E-state index contributed by atoms with van der Waals surface area (Å²) in [5.74, 6) is 0.398. The van der Waals surface area contributed by atoms with E-state index in [0.29, 0.717) is 30.6 Å². The maximum atomic E-state index is 12.8. The second kappa shape index (κ2) is 8.37. The van der Waals surface area contributed by atoms with Crippen molar-refractivity contribution in [3.63, 3.8) is 0 Å². The maximum Gasteiger partial charge on any atom is 0.514 e. The minimum absolute atomic E-state index is 0.0811. The first kappa shape index (κ1) is 21.2. The Morgan fingerprint density at radius 3 is 2.76 bits per heavy atom. The van der Waals surface area contributed by atoms with Crippen LogP contribution in [0, 0.1) is 5.92 Å². The van der Waals surface area contributed by atoms with Gasteiger partial charge < -0.3 is 23.7 Å². The van der Waals surface area contributed by atoms with Gasteiger partial charge in [-0.25, -0.2) is 9.59 Å². The van der Waals surface area contributed by atoms with Crippen molar-refractivity contribution >= 4 is 6.16 Å². The van der Waals surface area contributed by atoms with Crippen LogP contribution in [0.15, 0.2) is 70.1 Å². The molecule has 1 aliphatic heterocycles. The van der Waals surface area contributed by atoms with Crippen LogP contribution in [0.4, 0.5) is 4.79 Å². The standard InChI is InChI=1S/C25H23NO7/c1-25-17(10-5-11-20(25)32-24(29)30-16-8-3-2-4-9-16)22(27)21-19(33-25)13-18(31-23(21)28)15-7-6-12-26-14-15/h2-4,6-9,12-14,17,20,22,27H,5,10-11H2,1H3/t17-,20+,22-,25+/m0/s1. The molecule has 4 atom stereocenters. The zero-order valence-corrected chi connectivity index (χ0v) is 18.0. The Morgan fingerprint density at radius 2 is 2.00 bits per heavy atom. The van der Waals surface area contributed by atoms with E-state index in [2.05, 4.69) is 4.98 Å². The highest BCUT2D eigenvalue weighted by Gasteiger charge is 2.55. The summed E-state index contributed by atoms with van der Waals surface area (Å²) < 4.78 is 22.7. The van der Waals surface area contributed by atoms with Crippen molar-refractivity contribution in [3.8, 4) is 22.8 Å². The predicted molar refractivity (Wildman–Crippen MR) is 117 cm³/mol. The number of aromatic nitrogens is 1. The van der Waals surface area contributed by atoms with Gasteiger partial charge in [-0.05, 0) is 50.5 Å². The maximum absolute atomic E-state index is 12.8. The molecule has 5 rings (SSSR count). The van der Waals surface area contributed by atoms with E-state index in [0.717, 1.165) is 0 Å². The van der Waals surface area contributed by atoms with E-state index in [4.69, 9.17) is 18.6 Å². The first-order valence-electron chi connectivity index (χ1n) is 10.8. The monoisotopic (exact) mass is 449 g/mol. The topological polar surface area (TPSA) is 108 Å². The van der Waals surface area contributed by atoms with E-state index in [1.807, 2.05) is 6.07 Å². The lowest BCUT2D eigenvalue weighted by Crippen LogP contribution is -2.59. The van der Waals surface area contributed by atoms with Crippen molar-refractivity contribution in [1.29, 1.82) is 0 Å². The van der Waals surface area contributed by atoms with Crippen molar-refractivity contribution in [2.24, 2.45) is 5.92 Å². The van der Waals surface area contributed by atoms with Gasteiger partial charge in [0.25, 0.3) is 0 Å². The average molecular weight is 449 g/mol. The van der Waals surface area contributed by atoms with Gasteiger partial charge in [0.2, 0.25) is 0 Å². The van der Waals surface area contributed by atoms with E-state index in [1.54, 1.807) is 61.8 Å². The number of benzene rings is 1. The first-order chi connectivity index (χ1) is 16.0. The van der Waals surface area contributed by atoms with Crippen molar-refractivity contribution in [1.82, 2.24) is 4.98 Å². The molecule has 33 heavy (non-hydrogen) atoms. The van der Waals surface area contributed by atoms with Gasteiger partial charge in [0.05, 0.1) is 6.10 Å². The Morgan fingerprint density at radius 1 is 1.18 bits per heavy atom. The Bertz CT molecular complexity index is 1210. The van der Waals surface area contributed by atoms with Gasteiger partial charge in [0.15, 0.2) is 0 Å². The Labute approximate surface area is 189 Å². The number of hydrogen-bond acceptors (Lipinski definition) is 8. The number of ether oxygens (including phenoxy) is 3. The number of carbonyl (C=O) groups is 1. The molecular weight excluding hydrogens is 426 g/mol. The summed E-state index contributed by atoms with van der Waals surface area (Å²) >= 11 is 0. The van der Waals surface area contributed by atoms with Crippen LogP contribution >= 0.6 is 0 Å². The Hall–Kier alpha value is -3.65. The van der Waals surface area contributed by atoms with Crippen LogP contribution in [0.2, 0.25) is 0 Å². The minimum atomic E-state index is -1.12. The van der Waals surface area contributed by atoms with E-state index in [1.165, 1.54) is 0 Å². The first-order valence-corrected chi connectivity index (χ1v) is 10.8. The van der Waals surface area contributed by atoms with Gasteiger partial charge in [-0.3, -0.25) is 4.98 Å². The van der Waals surface area contributed by atoms with E-state index < -0.39 is 35.5 Å². The van der Waals surface area contributed by atoms with Crippen molar-refractivity contribution in [2.75, 3.05) is 0 Å². The number of fused-ring (bicyclic) bond motifs is 2. The number of aliphatic hydroxyl groups is 1. The number of pyridine rings is 1. The van der Waals surface area contributed by atoms with Crippen molar-refractivity contribution in [3.05, 3.63) is 76.9 Å². The SMILES string of the molecule is C[C@@]12Oc3cc(-c4cccnc4)oc(=O)c3[C@@H](O)[C@@H]1CCC[C@H]2OC(=O)Oc1ccccc1. The van der Waals surface area contributed by atoms with E-state index in [9.17, 15) is 14.7 Å². The summed E-state index contributed by atoms with van der Waals surface area (Å²) in [6, 6.07) is 13.7. The number of aliphatic hydroxyl groups excluding tert-OH is 1. The van der Waals surface area contributed by atoms with Crippen LogP contribution in [-0.2, 0) is 4.74 Å². The Balaban J connectivity index is 1.46. The zero-order chi connectivity index (χ0) is 23.0. The third-order valence-corrected chi connectivity index (χ3v) is 6.44. The van der Waals surface area contributed by atoms with E-state index in [-0.39, 0.29) is 17.1 Å². The average Bonchev–Trinajstić information content (AvgIpc) is 2.80. The minimum Gasteiger partial charge on any atom is -0.482 e. The number of para-hydroxylation sites is 1. The van der Waals surface area contributed by atoms with Crippen LogP contribution in [0.25, 0.3) is 11.3 Å². The van der Waals surface area contributed by atoms with E-state index >= 15 is 0 Å². The molecule has 0 unspecified atom stereocenters. The second-order valence-corrected chi connectivity index (χ2v) is 8.46. The molecule has 1 fully saturated rings. The molecule has 3 aromatic rings. The van der Waals surface area contributed by atoms with Gasteiger partial charge in [-0.1, -0.05) is 18.2 Å². The smallest absolute Gasteiger partial charge is 0.482 e. The third-order valence-electron chi connectivity index (χ3n) is 6.44. The molecular formula is C25H23NO7. The molecule has 0 amide bonds. The van der Waals surface area contributed by atoms with Gasteiger partial charge in [0.1, 0.15) is 34.5 Å². The highest BCUT2D eigenvalue weighted by Crippen LogP contribution is 2.50. The van der Waals surface area contributed by atoms with Crippen LogP contribution in [0.5, 0.6) is 11.5 Å². The summed E-state index contributed by atoms with van der Waals surface area (Å²) in [6.45, 7) is 1.79. The van der Waals surface area contributed by atoms with Crippen LogP contribution in [0.1, 0.15) is 37.9 Å². The van der Waals surface area contributed by atoms with Gasteiger partial charge >= 0.3 is 11.8 Å². The summed E-state index contributed by atoms with van der Waals surface area (Å²) in [7, 11) is 0. The lowest BCUT2D eigenvalue weighted by molar-refractivity contribution is -0.157. The molecule has 1 aromatic carbocycles. The molecule has 0 saturated heterocycles. The fourth-order valence-electron chi connectivity index (χ4n) is 4.77. The summed E-state index contributed by atoms with van der Waals surface area (Å²) in [5.41, 5.74) is -1.03. The van der Waals surface area contributed by atoms with Gasteiger partial charge in [-0.15, -0.1) is 0 Å². The van der Waals surface area contributed by atoms with Crippen molar-refractivity contribution < 1.29 is 28.5 Å². The molecule has 0 spiro atoms. The normalized spacial score (nSPS) is 25.8. The molecule has 1 N–H and O–H groups in total. The highest BCUT2D eigenvalue weighted by atomic mass is 16.7. The second-order valence-electron chi connectivity index (χ2n) is 8.46. The van der Waals surface area contributed by atoms with Gasteiger partial charge in [-0.2, -0.15) is 0 Å². The molecule has 1 saturated carbocycles.